The molecule has 0 radical (unpaired) electrons. The monoisotopic (exact) mass is 473 g/mol. The number of imidazole rings is 1. The van der Waals surface area contributed by atoms with E-state index in [4.69, 9.17) is 22.1 Å². The van der Waals surface area contributed by atoms with E-state index in [1.807, 2.05) is 6.92 Å². The zero-order valence-corrected chi connectivity index (χ0v) is 19.1. The van der Waals surface area contributed by atoms with Gasteiger partial charge in [-0.15, -0.1) is 0 Å². The number of carbonyl (C=O) groups excluding carboxylic acids is 1. The fourth-order valence-corrected chi connectivity index (χ4v) is 3.86. The Morgan fingerprint density at radius 3 is 2.91 bits per heavy atom. The summed E-state index contributed by atoms with van der Waals surface area (Å²) >= 11 is 5.93. The first-order valence-electron chi connectivity index (χ1n) is 10.5. The lowest BCUT2D eigenvalue weighted by molar-refractivity contribution is 0.0933. The standard InChI is InChI=1S/C22H25ClFN7O2/c1-13-9-26-21(30-22(2)3-4-33-11-22)29-19(13)31-10-18(27-12-31)20(32)28-17(8-25)14-5-15(23)7-16(24)6-14/h5-7,9-10,12,17H,3-4,8,11,25H2,1-2H3,(H,28,32)(H,26,29,30)/t17?,22-/m0/s1. The highest BCUT2D eigenvalue weighted by Crippen LogP contribution is 2.23. The zero-order chi connectivity index (χ0) is 23.6. The average molecular weight is 474 g/mol. The molecule has 1 fully saturated rings. The highest BCUT2D eigenvalue weighted by Gasteiger charge is 2.30. The average Bonchev–Trinajstić information content (AvgIpc) is 3.42. The Balaban J connectivity index is 1.52. The molecule has 2 aromatic heterocycles. The highest BCUT2D eigenvalue weighted by molar-refractivity contribution is 6.30. The Morgan fingerprint density at radius 1 is 1.39 bits per heavy atom. The molecule has 0 spiro atoms. The van der Waals surface area contributed by atoms with Crippen molar-refractivity contribution >= 4 is 23.5 Å². The van der Waals surface area contributed by atoms with Crippen LogP contribution in [-0.2, 0) is 4.74 Å². The zero-order valence-electron chi connectivity index (χ0n) is 18.3. The Bertz CT molecular complexity index is 1140. The predicted octanol–water partition coefficient (Wildman–Crippen LogP) is 2.78. The van der Waals surface area contributed by atoms with Crippen molar-refractivity contribution in [2.24, 2.45) is 5.73 Å². The third-order valence-corrected chi connectivity index (χ3v) is 5.68. The van der Waals surface area contributed by atoms with Crippen LogP contribution in [0.25, 0.3) is 5.82 Å². The van der Waals surface area contributed by atoms with Crippen molar-refractivity contribution in [3.05, 3.63) is 64.6 Å². The highest BCUT2D eigenvalue weighted by atomic mass is 35.5. The van der Waals surface area contributed by atoms with Crippen LogP contribution in [0.4, 0.5) is 10.3 Å². The van der Waals surface area contributed by atoms with Crippen LogP contribution in [0.15, 0.2) is 36.9 Å². The number of benzene rings is 1. The summed E-state index contributed by atoms with van der Waals surface area (Å²) in [6, 6.07) is 3.42. The van der Waals surface area contributed by atoms with Gasteiger partial charge in [0.25, 0.3) is 5.91 Å². The van der Waals surface area contributed by atoms with Gasteiger partial charge in [0, 0.05) is 36.1 Å². The maximum Gasteiger partial charge on any atom is 0.272 e. The summed E-state index contributed by atoms with van der Waals surface area (Å²) in [7, 11) is 0. The van der Waals surface area contributed by atoms with Gasteiger partial charge in [-0.2, -0.15) is 4.98 Å². The third kappa shape index (κ3) is 5.29. The van der Waals surface area contributed by atoms with E-state index in [1.54, 1.807) is 23.0 Å². The van der Waals surface area contributed by atoms with Crippen LogP contribution < -0.4 is 16.4 Å². The van der Waals surface area contributed by atoms with E-state index in [0.29, 0.717) is 30.5 Å². The molecule has 2 atom stereocenters. The van der Waals surface area contributed by atoms with Crippen molar-refractivity contribution in [3.8, 4) is 5.82 Å². The Kier molecular flexibility index (Phi) is 6.59. The second-order valence-electron chi connectivity index (χ2n) is 8.32. The number of halogens is 2. The van der Waals surface area contributed by atoms with E-state index in [9.17, 15) is 9.18 Å². The van der Waals surface area contributed by atoms with E-state index in [2.05, 4.69) is 32.5 Å². The van der Waals surface area contributed by atoms with E-state index in [-0.39, 0.29) is 22.8 Å². The molecule has 3 aromatic rings. The number of aryl methyl sites for hydroxylation is 1. The van der Waals surface area contributed by atoms with E-state index in [0.717, 1.165) is 12.0 Å². The fourth-order valence-electron chi connectivity index (χ4n) is 3.63. The minimum atomic E-state index is -0.623. The summed E-state index contributed by atoms with van der Waals surface area (Å²) in [5.74, 6) is 0.102. The molecule has 1 aliphatic heterocycles. The quantitative estimate of drug-likeness (QED) is 0.482. The van der Waals surface area contributed by atoms with Crippen molar-refractivity contribution < 1.29 is 13.9 Å². The number of amides is 1. The molecule has 1 unspecified atom stereocenters. The number of ether oxygens (including phenoxy) is 1. The summed E-state index contributed by atoms with van der Waals surface area (Å²) in [5, 5.41) is 6.33. The van der Waals surface area contributed by atoms with Gasteiger partial charge in [-0.05, 0) is 44.0 Å². The topological polar surface area (TPSA) is 120 Å². The number of hydrogen-bond acceptors (Lipinski definition) is 7. The van der Waals surface area contributed by atoms with Gasteiger partial charge in [0.15, 0.2) is 0 Å². The Labute approximate surface area is 195 Å². The van der Waals surface area contributed by atoms with Crippen LogP contribution in [-0.4, -0.2) is 50.7 Å². The maximum atomic E-state index is 13.7. The molecule has 1 amide bonds. The first kappa shape index (κ1) is 23.1. The molecule has 0 saturated carbocycles. The van der Waals surface area contributed by atoms with Crippen LogP contribution in [0.3, 0.4) is 0 Å². The lowest BCUT2D eigenvalue weighted by Gasteiger charge is -2.23. The van der Waals surface area contributed by atoms with Gasteiger partial charge in [0.2, 0.25) is 5.95 Å². The second kappa shape index (κ2) is 9.42. The van der Waals surface area contributed by atoms with Gasteiger partial charge < -0.3 is 21.1 Å². The van der Waals surface area contributed by atoms with E-state index < -0.39 is 17.8 Å². The molecule has 4 N–H and O–H groups in total. The molecule has 0 bridgehead atoms. The lowest BCUT2D eigenvalue weighted by atomic mass is 10.0. The van der Waals surface area contributed by atoms with Crippen LogP contribution >= 0.6 is 11.6 Å². The minimum absolute atomic E-state index is 0.0642. The van der Waals surface area contributed by atoms with Crippen molar-refractivity contribution in [2.45, 2.75) is 31.8 Å². The third-order valence-electron chi connectivity index (χ3n) is 5.47. The summed E-state index contributed by atoms with van der Waals surface area (Å²) in [4.78, 5) is 26.0. The maximum absolute atomic E-state index is 13.7. The summed E-state index contributed by atoms with van der Waals surface area (Å²) in [6.07, 6.45) is 5.64. The largest absolute Gasteiger partial charge is 0.379 e. The molecular weight excluding hydrogens is 449 g/mol. The number of rotatable bonds is 7. The normalized spacial score (nSPS) is 18.8. The number of nitrogens with two attached hydrogens (primary N) is 1. The summed E-state index contributed by atoms with van der Waals surface area (Å²) < 4.78 is 20.8. The van der Waals surface area contributed by atoms with Crippen molar-refractivity contribution in [1.29, 1.82) is 0 Å². The Hall–Kier alpha value is -3.08. The first-order valence-corrected chi connectivity index (χ1v) is 10.8. The Morgan fingerprint density at radius 2 is 2.21 bits per heavy atom. The van der Waals surface area contributed by atoms with Crippen LogP contribution in [0.2, 0.25) is 5.02 Å². The minimum Gasteiger partial charge on any atom is -0.379 e. The molecule has 3 heterocycles. The van der Waals surface area contributed by atoms with Crippen LogP contribution in [0.1, 0.15) is 41.0 Å². The number of hydrogen-bond donors (Lipinski definition) is 3. The summed E-state index contributed by atoms with van der Waals surface area (Å²) in [6.45, 7) is 5.26. The van der Waals surface area contributed by atoms with Gasteiger partial charge in [-0.3, -0.25) is 9.36 Å². The van der Waals surface area contributed by atoms with E-state index >= 15 is 0 Å². The molecular formula is C22H25ClFN7O2. The molecule has 174 valence electrons. The molecule has 11 heteroatoms. The lowest BCUT2D eigenvalue weighted by Crippen LogP contribution is -2.35. The number of nitrogens with one attached hydrogen (secondary N) is 2. The van der Waals surface area contributed by atoms with Gasteiger partial charge in [0.05, 0.1) is 18.2 Å². The number of anilines is 1. The van der Waals surface area contributed by atoms with E-state index in [1.165, 1.54) is 18.5 Å². The van der Waals surface area contributed by atoms with Gasteiger partial charge in [-0.1, -0.05) is 11.6 Å². The SMILES string of the molecule is Cc1cnc(N[C@@]2(C)CCOC2)nc1-n1cnc(C(=O)NC(CN)c2cc(F)cc(Cl)c2)c1. The molecule has 1 saturated heterocycles. The van der Waals surface area contributed by atoms with Gasteiger partial charge in [-0.25, -0.2) is 14.4 Å². The molecule has 33 heavy (non-hydrogen) atoms. The number of aromatic nitrogens is 4. The van der Waals surface area contributed by atoms with Crippen molar-refractivity contribution in [2.75, 3.05) is 25.1 Å². The fraction of sp³-hybridized carbons (Fsp3) is 0.364. The number of carbonyl (C=O) groups is 1. The molecule has 4 rings (SSSR count). The van der Waals surface area contributed by atoms with Crippen LogP contribution in [0.5, 0.6) is 0 Å². The second-order valence-corrected chi connectivity index (χ2v) is 8.76. The smallest absolute Gasteiger partial charge is 0.272 e. The van der Waals surface area contributed by atoms with Crippen molar-refractivity contribution in [3.63, 3.8) is 0 Å². The molecule has 9 nitrogen and oxygen atoms in total. The first-order chi connectivity index (χ1) is 15.8. The van der Waals surface area contributed by atoms with Crippen molar-refractivity contribution in [1.82, 2.24) is 24.8 Å². The molecule has 0 aliphatic carbocycles. The summed E-state index contributed by atoms with van der Waals surface area (Å²) in [5.41, 5.74) is 7.02. The van der Waals surface area contributed by atoms with Gasteiger partial charge >= 0.3 is 0 Å². The van der Waals surface area contributed by atoms with Crippen LogP contribution in [0, 0.1) is 12.7 Å². The van der Waals surface area contributed by atoms with Gasteiger partial charge in [0.1, 0.15) is 23.7 Å². The number of nitrogens with zero attached hydrogens (tertiary/aromatic N) is 4. The molecule has 1 aliphatic rings. The predicted molar refractivity (Wildman–Crippen MR) is 122 cm³/mol. The molecule has 1 aromatic carbocycles.